The number of phenols is 1. The van der Waals surface area contributed by atoms with E-state index in [1.165, 1.54) is 6.07 Å². The van der Waals surface area contributed by atoms with E-state index in [9.17, 15) is 9.50 Å². The molecule has 0 unspecified atom stereocenters. The number of halogens is 2. The summed E-state index contributed by atoms with van der Waals surface area (Å²) >= 11 is 3.27. The van der Waals surface area contributed by atoms with E-state index in [2.05, 4.69) is 21.2 Å². The van der Waals surface area contributed by atoms with Crippen molar-refractivity contribution >= 4 is 21.6 Å². The largest absolute Gasteiger partial charge is 0.507 e. The SMILES string of the molecule is Cc1cc(NCc2ccc(O)c(Br)c2)ccc1F. The highest BCUT2D eigenvalue weighted by Crippen LogP contribution is 2.24. The molecule has 2 N–H and O–H groups in total. The lowest BCUT2D eigenvalue weighted by molar-refractivity contribution is 0.471. The highest BCUT2D eigenvalue weighted by atomic mass is 79.9. The number of phenolic OH excluding ortho intramolecular Hbond substituents is 1. The summed E-state index contributed by atoms with van der Waals surface area (Å²) in [5.41, 5.74) is 2.52. The molecule has 0 aliphatic rings. The summed E-state index contributed by atoms with van der Waals surface area (Å²) in [7, 11) is 0. The van der Waals surface area contributed by atoms with E-state index in [4.69, 9.17) is 0 Å². The third kappa shape index (κ3) is 3.01. The lowest BCUT2D eigenvalue weighted by Crippen LogP contribution is -2.00. The summed E-state index contributed by atoms with van der Waals surface area (Å²) in [6.07, 6.45) is 0. The van der Waals surface area contributed by atoms with Crippen molar-refractivity contribution in [3.05, 3.63) is 57.8 Å². The molecular weight excluding hydrogens is 297 g/mol. The molecule has 0 bridgehead atoms. The van der Waals surface area contributed by atoms with Gasteiger partial charge >= 0.3 is 0 Å². The quantitative estimate of drug-likeness (QED) is 0.890. The topological polar surface area (TPSA) is 32.3 Å². The zero-order valence-corrected chi connectivity index (χ0v) is 11.5. The number of nitrogens with one attached hydrogen (secondary N) is 1. The molecule has 2 aromatic carbocycles. The van der Waals surface area contributed by atoms with Crippen LogP contribution < -0.4 is 5.32 Å². The molecule has 0 aliphatic heterocycles. The van der Waals surface area contributed by atoms with E-state index < -0.39 is 0 Å². The number of hydrogen-bond donors (Lipinski definition) is 2. The molecule has 94 valence electrons. The third-order valence-corrected chi connectivity index (χ3v) is 3.30. The number of hydrogen-bond acceptors (Lipinski definition) is 2. The standard InChI is InChI=1S/C14H13BrFNO/c1-9-6-11(3-4-13(9)16)17-8-10-2-5-14(18)12(15)7-10/h2-7,17-18H,8H2,1H3. The Kier molecular flexibility index (Phi) is 3.87. The van der Waals surface area contributed by atoms with Crippen LogP contribution >= 0.6 is 15.9 Å². The van der Waals surface area contributed by atoms with Crippen LogP contribution in [-0.4, -0.2) is 5.11 Å². The minimum atomic E-state index is -0.201. The molecule has 0 atom stereocenters. The van der Waals surface area contributed by atoms with Crippen LogP contribution in [0.3, 0.4) is 0 Å². The molecule has 0 aliphatic carbocycles. The van der Waals surface area contributed by atoms with Crippen LogP contribution in [0, 0.1) is 12.7 Å². The van der Waals surface area contributed by atoms with Gasteiger partial charge in [-0.2, -0.15) is 0 Å². The molecule has 4 heteroatoms. The van der Waals surface area contributed by atoms with Gasteiger partial charge < -0.3 is 10.4 Å². The number of aryl methyl sites for hydroxylation is 1. The monoisotopic (exact) mass is 309 g/mol. The van der Waals surface area contributed by atoms with Gasteiger partial charge in [-0.3, -0.25) is 0 Å². The van der Waals surface area contributed by atoms with Gasteiger partial charge in [0.25, 0.3) is 0 Å². The van der Waals surface area contributed by atoms with E-state index in [0.29, 0.717) is 16.6 Å². The average molecular weight is 310 g/mol. The molecule has 2 rings (SSSR count). The normalized spacial score (nSPS) is 10.4. The van der Waals surface area contributed by atoms with Crippen LogP contribution in [0.2, 0.25) is 0 Å². The van der Waals surface area contributed by atoms with Crippen molar-refractivity contribution in [3.8, 4) is 5.75 Å². The first-order valence-electron chi connectivity index (χ1n) is 5.53. The molecule has 0 radical (unpaired) electrons. The summed E-state index contributed by atoms with van der Waals surface area (Å²) in [6.45, 7) is 2.35. The molecule has 0 saturated heterocycles. The molecule has 0 amide bonds. The van der Waals surface area contributed by atoms with Gasteiger partial charge in [-0.1, -0.05) is 6.07 Å². The van der Waals surface area contributed by atoms with E-state index in [1.54, 1.807) is 25.1 Å². The van der Waals surface area contributed by atoms with Crippen molar-refractivity contribution in [1.29, 1.82) is 0 Å². The van der Waals surface area contributed by atoms with Gasteiger partial charge in [-0.25, -0.2) is 4.39 Å². The minimum Gasteiger partial charge on any atom is -0.507 e. The summed E-state index contributed by atoms with van der Waals surface area (Å²) < 4.78 is 13.8. The highest BCUT2D eigenvalue weighted by Gasteiger charge is 2.01. The Bertz CT molecular complexity index is 520. The number of aromatic hydroxyl groups is 1. The van der Waals surface area contributed by atoms with Gasteiger partial charge in [0.15, 0.2) is 0 Å². The van der Waals surface area contributed by atoms with Crippen molar-refractivity contribution in [1.82, 2.24) is 0 Å². The van der Waals surface area contributed by atoms with Gasteiger partial charge in [-0.05, 0) is 64.3 Å². The van der Waals surface area contributed by atoms with Crippen molar-refractivity contribution in [2.45, 2.75) is 13.5 Å². The fourth-order valence-electron chi connectivity index (χ4n) is 1.62. The third-order valence-electron chi connectivity index (χ3n) is 2.67. The van der Waals surface area contributed by atoms with Gasteiger partial charge in [0.2, 0.25) is 0 Å². The Hall–Kier alpha value is -1.55. The van der Waals surface area contributed by atoms with Gasteiger partial charge in [0, 0.05) is 12.2 Å². The van der Waals surface area contributed by atoms with Crippen molar-refractivity contribution in [3.63, 3.8) is 0 Å². The predicted octanol–water partition coefficient (Wildman–Crippen LogP) is 4.21. The van der Waals surface area contributed by atoms with Gasteiger partial charge in [0.05, 0.1) is 4.47 Å². The molecule has 0 spiro atoms. The molecule has 18 heavy (non-hydrogen) atoms. The summed E-state index contributed by atoms with van der Waals surface area (Å²) in [4.78, 5) is 0. The van der Waals surface area contributed by atoms with Crippen LogP contribution in [0.15, 0.2) is 40.9 Å². The van der Waals surface area contributed by atoms with E-state index >= 15 is 0 Å². The minimum absolute atomic E-state index is 0.201. The molecule has 0 saturated carbocycles. The Labute approximate surface area is 114 Å². The highest BCUT2D eigenvalue weighted by molar-refractivity contribution is 9.10. The zero-order valence-electron chi connectivity index (χ0n) is 9.87. The molecule has 2 aromatic rings. The first kappa shape index (κ1) is 12.9. The Balaban J connectivity index is 2.06. The van der Waals surface area contributed by atoms with Crippen molar-refractivity contribution in [2.75, 3.05) is 5.32 Å². The average Bonchev–Trinajstić information content (AvgIpc) is 2.35. The smallest absolute Gasteiger partial charge is 0.129 e. The van der Waals surface area contributed by atoms with Crippen LogP contribution in [-0.2, 0) is 6.54 Å². The zero-order chi connectivity index (χ0) is 13.1. The van der Waals surface area contributed by atoms with Crippen LogP contribution in [0.1, 0.15) is 11.1 Å². The predicted molar refractivity (Wildman–Crippen MR) is 74.3 cm³/mol. The maximum atomic E-state index is 13.1. The molecular formula is C14H13BrFNO. The number of benzene rings is 2. The fraction of sp³-hybridized carbons (Fsp3) is 0.143. The van der Waals surface area contributed by atoms with Crippen LogP contribution in [0.25, 0.3) is 0 Å². The first-order chi connectivity index (χ1) is 8.56. The fourth-order valence-corrected chi connectivity index (χ4v) is 2.05. The van der Waals surface area contributed by atoms with Gasteiger partial charge in [-0.15, -0.1) is 0 Å². The number of anilines is 1. The lowest BCUT2D eigenvalue weighted by atomic mass is 10.2. The van der Waals surface area contributed by atoms with Crippen LogP contribution in [0.4, 0.5) is 10.1 Å². The molecule has 0 aromatic heterocycles. The first-order valence-corrected chi connectivity index (χ1v) is 6.33. The summed E-state index contributed by atoms with van der Waals surface area (Å²) in [6, 6.07) is 10.2. The summed E-state index contributed by atoms with van der Waals surface area (Å²) in [5.74, 6) is 0.0179. The van der Waals surface area contributed by atoms with Crippen LogP contribution in [0.5, 0.6) is 5.75 Å². The molecule has 2 nitrogen and oxygen atoms in total. The maximum Gasteiger partial charge on any atom is 0.129 e. The maximum absolute atomic E-state index is 13.1. The van der Waals surface area contributed by atoms with Gasteiger partial charge in [0.1, 0.15) is 11.6 Å². The summed E-state index contributed by atoms with van der Waals surface area (Å²) in [5, 5.41) is 12.6. The number of rotatable bonds is 3. The van der Waals surface area contributed by atoms with E-state index in [0.717, 1.165) is 11.3 Å². The molecule has 0 heterocycles. The van der Waals surface area contributed by atoms with Crippen molar-refractivity contribution in [2.24, 2.45) is 0 Å². The second kappa shape index (κ2) is 5.40. The van der Waals surface area contributed by atoms with E-state index in [-0.39, 0.29) is 11.6 Å². The lowest BCUT2D eigenvalue weighted by Gasteiger charge is -2.08. The van der Waals surface area contributed by atoms with E-state index in [1.807, 2.05) is 12.1 Å². The second-order valence-corrected chi connectivity index (χ2v) is 4.96. The Morgan fingerprint density at radius 1 is 1.22 bits per heavy atom. The molecule has 0 fully saturated rings. The second-order valence-electron chi connectivity index (χ2n) is 4.10. The Morgan fingerprint density at radius 3 is 2.67 bits per heavy atom. The van der Waals surface area contributed by atoms with Crippen molar-refractivity contribution < 1.29 is 9.50 Å². The Morgan fingerprint density at radius 2 is 2.00 bits per heavy atom.